The molecule has 0 aliphatic carbocycles. The molecule has 2 aliphatic heterocycles. The van der Waals surface area contributed by atoms with Crippen molar-refractivity contribution < 1.29 is 9.90 Å². The molecule has 4 nitrogen and oxygen atoms in total. The lowest BCUT2D eigenvalue weighted by atomic mass is 10.1. The van der Waals surface area contributed by atoms with Crippen LogP contribution in [0, 0.1) is 0 Å². The summed E-state index contributed by atoms with van der Waals surface area (Å²) in [5.41, 5.74) is 1.85. The van der Waals surface area contributed by atoms with Crippen LogP contribution in [0.4, 0.5) is 4.79 Å². The minimum absolute atomic E-state index is 0.418. The summed E-state index contributed by atoms with van der Waals surface area (Å²) in [5, 5.41) is 8.72. The van der Waals surface area contributed by atoms with E-state index in [9.17, 15) is 4.79 Å². The van der Waals surface area contributed by atoms with E-state index in [1.165, 1.54) is 4.90 Å². The first-order valence-corrected chi connectivity index (χ1v) is 3.88. The molecule has 0 fully saturated rings. The summed E-state index contributed by atoms with van der Waals surface area (Å²) in [5.74, 6) is 0. The van der Waals surface area contributed by atoms with Crippen LogP contribution in [-0.2, 0) is 0 Å². The Morgan fingerprint density at radius 3 is 3.23 bits per heavy atom. The molecule has 0 bridgehead atoms. The van der Waals surface area contributed by atoms with Gasteiger partial charge in [0.05, 0.1) is 6.54 Å². The fraction of sp³-hybridized carbons (Fsp3) is 0.111. The minimum atomic E-state index is -0.932. The van der Waals surface area contributed by atoms with Crippen molar-refractivity contribution in [3.63, 3.8) is 0 Å². The maximum Gasteiger partial charge on any atom is 0.411 e. The molecule has 0 aromatic heterocycles. The normalized spacial score (nSPS) is 19.2. The van der Waals surface area contributed by atoms with Crippen LogP contribution in [0.5, 0.6) is 0 Å². The van der Waals surface area contributed by atoms with E-state index in [4.69, 9.17) is 5.11 Å². The number of rotatable bonds is 0. The first-order chi connectivity index (χ1) is 6.27. The molecule has 0 spiro atoms. The second kappa shape index (κ2) is 2.90. The second-order valence-electron chi connectivity index (χ2n) is 2.81. The van der Waals surface area contributed by atoms with Crippen molar-refractivity contribution in [3.8, 4) is 0 Å². The van der Waals surface area contributed by atoms with E-state index in [0.29, 0.717) is 6.54 Å². The third-order valence-electron chi connectivity index (χ3n) is 1.94. The van der Waals surface area contributed by atoms with E-state index >= 15 is 0 Å². The van der Waals surface area contributed by atoms with Crippen LogP contribution in [0.1, 0.15) is 0 Å². The van der Waals surface area contributed by atoms with Gasteiger partial charge in [-0.15, -0.1) is 0 Å². The lowest BCUT2D eigenvalue weighted by molar-refractivity contribution is 0.167. The summed E-state index contributed by atoms with van der Waals surface area (Å²) < 4.78 is 0. The molecular weight excluding hydrogens is 168 g/mol. The molecule has 13 heavy (non-hydrogen) atoms. The van der Waals surface area contributed by atoms with E-state index in [2.05, 4.69) is 4.99 Å². The van der Waals surface area contributed by atoms with Gasteiger partial charge in [0, 0.05) is 24.2 Å². The molecule has 1 N–H and O–H groups in total. The van der Waals surface area contributed by atoms with Gasteiger partial charge < -0.3 is 5.11 Å². The Bertz CT molecular complexity index is 364. The third kappa shape index (κ3) is 1.38. The van der Waals surface area contributed by atoms with Crippen molar-refractivity contribution >= 4 is 12.3 Å². The van der Waals surface area contributed by atoms with Gasteiger partial charge in [-0.3, -0.25) is 9.89 Å². The first kappa shape index (κ1) is 7.79. The van der Waals surface area contributed by atoms with Crippen LogP contribution < -0.4 is 0 Å². The minimum Gasteiger partial charge on any atom is -0.465 e. The Kier molecular flexibility index (Phi) is 1.73. The molecule has 0 aromatic rings. The Morgan fingerprint density at radius 2 is 2.46 bits per heavy atom. The van der Waals surface area contributed by atoms with Gasteiger partial charge in [0.15, 0.2) is 0 Å². The largest absolute Gasteiger partial charge is 0.465 e. The molecule has 1 amide bonds. The lowest BCUT2D eigenvalue weighted by Crippen LogP contribution is -2.21. The molecule has 0 saturated heterocycles. The molecule has 0 saturated carbocycles. The van der Waals surface area contributed by atoms with Crippen molar-refractivity contribution in [1.82, 2.24) is 4.90 Å². The molecule has 2 rings (SSSR count). The highest BCUT2D eigenvalue weighted by molar-refractivity contribution is 5.88. The van der Waals surface area contributed by atoms with Gasteiger partial charge in [0.1, 0.15) is 0 Å². The summed E-state index contributed by atoms with van der Waals surface area (Å²) in [6, 6.07) is 0. The SMILES string of the molecule is O=C(O)N1C=C2C=NC=CC=C2C1. The highest BCUT2D eigenvalue weighted by Crippen LogP contribution is 2.20. The molecule has 2 heterocycles. The van der Waals surface area contributed by atoms with Crippen molar-refractivity contribution in [2.24, 2.45) is 4.99 Å². The monoisotopic (exact) mass is 176 g/mol. The Hall–Kier alpha value is -1.84. The van der Waals surface area contributed by atoms with Crippen LogP contribution in [0.2, 0.25) is 0 Å². The van der Waals surface area contributed by atoms with Crippen LogP contribution in [0.25, 0.3) is 0 Å². The maximum atomic E-state index is 10.6. The van der Waals surface area contributed by atoms with Crippen LogP contribution in [-0.4, -0.2) is 28.9 Å². The summed E-state index contributed by atoms with van der Waals surface area (Å²) in [7, 11) is 0. The number of aliphatic imine (C=N–C) groups is 1. The van der Waals surface area contributed by atoms with Gasteiger partial charge >= 0.3 is 6.09 Å². The molecule has 0 atom stereocenters. The zero-order valence-electron chi connectivity index (χ0n) is 6.84. The number of allylic oxidation sites excluding steroid dienone is 2. The van der Waals surface area contributed by atoms with Crippen molar-refractivity contribution in [3.05, 3.63) is 35.7 Å². The van der Waals surface area contributed by atoms with E-state index in [1.807, 2.05) is 6.08 Å². The van der Waals surface area contributed by atoms with E-state index in [-0.39, 0.29) is 0 Å². The zero-order valence-corrected chi connectivity index (χ0v) is 6.84. The summed E-state index contributed by atoms with van der Waals surface area (Å²) in [6.45, 7) is 0.418. The number of carbonyl (C=O) groups is 1. The predicted octanol–water partition coefficient (Wildman–Crippen LogP) is 1.39. The van der Waals surface area contributed by atoms with Crippen LogP contribution >= 0.6 is 0 Å². The maximum absolute atomic E-state index is 10.6. The van der Waals surface area contributed by atoms with Gasteiger partial charge in [-0.25, -0.2) is 4.79 Å². The molecule has 2 aliphatic rings. The number of carboxylic acid groups (broad SMARTS) is 1. The zero-order chi connectivity index (χ0) is 9.26. The number of fused-ring (bicyclic) bond motifs is 1. The summed E-state index contributed by atoms with van der Waals surface area (Å²) >= 11 is 0. The van der Waals surface area contributed by atoms with Crippen molar-refractivity contribution in [2.75, 3.05) is 6.54 Å². The van der Waals surface area contributed by atoms with Gasteiger partial charge in [-0.1, -0.05) is 6.08 Å². The molecule has 0 aromatic carbocycles. The van der Waals surface area contributed by atoms with Gasteiger partial charge in [0.25, 0.3) is 0 Å². The third-order valence-corrected chi connectivity index (χ3v) is 1.94. The number of nitrogens with zero attached hydrogens (tertiary/aromatic N) is 2. The van der Waals surface area contributed by atoms with Crippen LogP contribution in [0.3, 0.4) is 0 Å². The molecule has 0 radical (unpaired) electrons. The number of hydrogen-bond acceptors (Lipinski definition) is 2. The average Bonchev–Trinajstić information content (AvgIpc) is 2.38. The first-order valence-electron chi connectivity index (χ1n) is 3.88. The standard InChI is InChI=1S/C9H8N2O2/c12-9(13)11-5-7-2-1-3-10-4-8(7)6-11/h1-4,6H,5H2,(H,12,13). The molecule has 0 unspecified atom stereocenters. The van der Waals surface area contributed by atoms with E-state index in [0.717, 1.165) is 11.1 Å². The quantitative estimate of drug-likeness (QED) is 0.606. The fourth-order valence-electron chi connectivity index (χ4n) is 1.29. The lowest BCUT2D eigenvalue weighted by Gasteiger charge is -2.06. The topological polar surface area (TPSA) is 52.9 Å². The van der Waals surface area contributed by atoms with Crippen molar-refractivity contribution in [2.45, 2.75) is 0 Å². The Labute approximate surface area is 75.2 Å². The Balaban J connectivity index is 2.31. The smallest absolute Gasteiger partial charge is 0.411 e. The number of hydrogen-bond donors (Lipinski definition) is 1. The van der Waals surface area contributed by atoms with Crippen molar-refractivity contribution in [1.29, 1.82) is 0 Å². The van der Waals surface area contributed by atoms with E-state index in [1.54, 1.807) is 24.7 Å². The average molecular weight is 176 g/mol. The fourth-order valence-corrected chi connectivity index (χ4v) is 1.29. The second-order valence-corrected chi connectivity index (χ2v) is 2.81. The predicted molar refractivity (Wildman–Crippen MR) is 48.5 cm³/mol. The Morgan fingerprint density at radius 1 is 1.62 bits per heavy atom. The van der Waals surface area contributed by atoms with Gasteiger partial charge in [-0.05, 0) is 11.6 Å². The highest BCUT2D eigenvalue weighted by Gasteiger charge is 2.21. The number of amides is 1. The van der Waals surface area contributed by atoms with Gasteiger partial charge in [-0.2, -0.15) is 0 Å². The molecule has 4 heteroatoms. The molecule has 66 valence electrons. The van der Waals surface area contributed by atoms with Crippen LogP contribution in [0.15, 0.2) is 40.7 Å². The molecular formula is C9H8N2O2. The summed E-state index contributed by atoms with van der Waals surface area (Å²) in [4.78, 5) is 15.8. The van der Waals surface area contributed by atoms with Gasteiger partial charge in [0.2, 0.25) is 0 Å². The highest BCUT2D eigenvalue weighted by atomic mass is 16.4. The summed E-state index contributed by atoms with van der Waals surface area (Å²) in [6.07, 6.45) is 7.68. The van der Waals surface area contributed by atoms with E-state index < -0.39 is 6.09 Å².